The number of hydrogen-bond acceptors (Lipinski definition) is 5. The molecule has 1 N–H and O–H groups in total. The highest BCUT2D eigenvalue weighted by molar-refractivity contribution is 9.10. The van der Waals surface area contributed by atoms with Gasteiger partial charge in [-0.15, -0.1) is 0 Å². The van der Waals surface area contributed by atoms with Gasteiger partial charge in [-0.05, 0) is 69.4 Å². The molecule has 0 amide bonds. The van der Waals surface area contributed by atoms with Crippen molar-refractivity contribution >= 4 is 31.8 Å². The molecule has 0 aliphatic carbocycles. The third-order valence-corrected chi connectivity index (χ3v) is 7.10. The number of aromatic nitrogens is 1. The fourth-order valence-electron chi connectivity index (χ4n) is 3.17. The van der Waals surface area contributed by atoms with Gasteiger partial charge in [0.25, 0.3) is 15.9 Å². The van der Waals surface area contributed by atoms with Crippen molar-refractivity contribution in [3.05, 3.63) is 83.0 Å². The Kier molecular flexibility index (Phi) is 5.84. The molecule has 0 saturated carbocycles. The van der Waals surface area contributed by atoms with E-state index in [1.54, 1.807) is 38.3 Å². The Labute approximate surface area is 189 Å². The highest BCUT2D eigenvalue weighted by Crippen LogP contribution is 2.34. The summed E-state index contributed by atoms with van der Waals surface area (Å²) < 4.78 is 38.6. The molecule has 0 spiro atoms. The van der Waals surface area contributed by atoms with Crippen LogP contribution < -0.4 is 9.46 Å². The standard InChI is InChI=1S/C23H19BrN2O4S/c1-15-22(24)23(30-25-15)26-31(27,28)19-13-9-17(10-14-19)21-6-4-3-5-20(21)16-7-11-18(29-2)12-8-16/h3-14,26H,1-2H3. The second-order valence-electron chi connectivity index (χ2n) is 6.82. The van der Waals surface area contributed by atoms with Crippen LogP contribution in [0.3, 0.4) is 0 Å². The first kappa shape index (κ1) is 21.1. The van der Waals surface area contributed by atoms with Gasteiger partial charge in [0, 0.05) is 0 Å². The smallest absolute Gasteiger partial charge is 0.264 e. The number of aryl methyl sites for hydroxylation is 1. The van der Waals surface area contributed by atoms with Crippen LogP contribution in [-0.2, 0) is 10.0 Å². The summed E-state index contributed by atoms with van der Waals surface area (Å²) in [7, 11) is -2.18. The fourth-order valence-corrected chi connectivity index (χ4v) is 4.54. The Morgan fingerprint density at radius 3 is 1.94 bits per heavy atom. The summed E-state index contributed by atoms with van der Waals surface area (Å²) in [6.45, 7) is 1.71. The number of benzene rings is 3. The summed E-state index contributed by atoms with van der Waals surface area (Å²) in [6.07, 6.45) is 0. The summed E-state index contributed by atoms with van der Waals surface area (Å²) in [6, 6.07) is 22.5. The molecule has 0 bridgehead atoms. The highest BCUT2D eigenvalue weighted by atomic mass is 79.9. The summed E-state index contributed by atoms with van der Waals surface area (Å²) in [5.41, 5.74) is 4.55. The third kappa shape index (κ3) is 4.35. The number of rotatable bonds is 6. The van der Waals surface area contributed by atoms with Crippen LogP contribution in [0.25, 0.3) is 22.3 Å². The molecule has 0 aliphatic rings. The van der Waals surface area contributed by atoms with Gasteiger partial charge in [-0.25, -0.2) is 13.1 Å². The molecule has 0 saturated heterocycles. The predicted molar refractivity (Wildman–Crippen MR) is 124 cm³/mol. The summed E-state index contributed by atoms with van der Waals surface area (Å²) in [4.78, 5) is 0.124. The normalized spacial score (nSPS) is 11.3. The van der Waals surface area contributed by atoms with Gasteiger partial charge in [0.05, 0.1) is 17.7 Å². The molecule has 0 fully saturated rings. The van der Waals surface area contributed by atoms with Crippen LogP contribution in [0.4, 0.5) is 5.88 Å². The number of nitrogens with zero attached hydrogens (tertiary/aromatic N) is 1. The molecule has 1 heterocycles. The molecule has 8 heteroatoms. The first-order valence-electron chi connectivity index (χ1n) is 9.37. The number of anilines is 1. The molecule has 6 nitrogen and oxygen atoms in total. The predicted octanol–water partition coefficient (Wildman–Crippen LogP) is 5.89. The average Bonchev–Trinajstić information content (AvgIpc) is 3.11. The van der Waals surface area contributed by atoms with E-state index in [0.717, 1.165) is 28.0 Å². The number of methoxy groups -OCH3 is 1. The lowest BCUT2D eigenvalue weighted by Crippen LogP contribution is -2.12. The zero-order valence-corrected chi connectivity index (χ0v) is 19.2. The maximum Gasteiger partial charge on any atom is 0.264 e. The molecule has 3 aromatic carbocycles. The number of hydrogen-bond donors (Lipinski definition) is 1. The van der Waals surface area contributed by atoms with Crippen LogP contribution in [0.5, 0.6) is 5.75 Å². The molecule has 0 atom stereocenters. The third-order valence-electron chi connectivity index (χ3n) is 4.82. The zero-order valence-electron chi connectivity index (χ0n) is 16.8. The molecule has 158 valence electrons. The Morgan fingerprint density at radius 1 is 0.903 bits per heavy atom. The minimum absolute atomic E-state index is 0.0476. The fraction of sp³-hybridized carbons (Fsp3) is 0.0870. The SMILES string of the molecule is COc1ccc(-c2ccccc2-c2ccc(S(=O)(=O)Nc3onc(C)c3Br)cc2)cc1. The number of ether oxygens (including phenoxy) is 1. The molecular weight excluding hydrogens is 480 g/mol. The van der Waals surface area contributed by atoms with Gasteiger partial charge in [-0.3, -0.25) is 0 Å². The zero-order chi connectivity index (χ0) is 22.0. The van der Waals surface area contributed by atoms with Crippen molar-refractivity contribution < 1.29 is 17.7 Å². The molecule has 0 radical (unpaired) electrons. The van der Waals surface area contributed by atoms with Gasteiger partial charge in [0.15, 0.2) is 0 Å². The topological polar surface area (TPSA) is 81.4 Å². The van der Waals surface area contributed by atoms with Crippen molar-refractivity contribution in [1.29, 1.82) is 0 Å². The Morgan fingerprint density at radius 2 is 1.45 bits per heavy atom. The van der Waals surface area contributed by atoms with Crippen molar-refractivity contribution in [3.63, 3.8) is 0 Å². The Hall–Kier alpha value is -3.10. The van der Waals surface area contributed by atoms with E-state index in [0.29, 0.717) is 10.2 Å². The molecule has 4 aromatic rings. The number of halogens is 1. The van der Waals surface area contributed by atoms with Gasteiger partial charge in [-0.2, -0.15) is 0 Å². The Bertz CT molecular complexity index is 1310. The second-order valence-corrected chi connectivity index (χ2v) is 9.29. The van der Waals surface area contributed by atoms with Crippen molar-refractivity contribution in [2.75, 3.05) is 11.8 Å². The molecule has 31 heavy (non-hydrogen) atoms. The molecule has 0 aliphatic heterocycles. The monoisotopic (exact) mass is 498 g/mol. The van der Waals surface area contributed by atoms with Gasteiger partial charge in [0.2, 0.25) is 0 Å². The van der Waals surface area contributed by atoms with Crippen molar-refractivity contribution in [2.24, 2.45) is 0 Å². The summed E-state index contributed by atoms with van der Waals surface area (Å²) in [5.74, 6) is 0.836. The van der Waals surface area contributed by atoms with Gasteiger partial charge < -0.3 is 9.26 Å². The Balaban J connectivity index is 1.65. The van der Waals surface area contributed by atoms with E-state index in [1.807, 2.05) is 48.5 Å². The van der Waals surface area contributed by atoms with Crippen molar-refractivity contribution in [3.8, 4) is 28.0 Å². The minimum Gasteiger partial charge on any atom is -0.497 e. The first-order valence-corrected chi connectivity index (χ1v) is 11.6. The van der Waals surface area contributed by atoms with Crippen LogP contribution in [0.15, 0.2) is 86.7 Å². The van der Waals surface area contributed by atoms with E-state index >= 15 is 0 Å². The molecule has 1 aromatic heterocycles. The van der Waals surface area contributed by atoms with Crippen LogP contribution in [-0.4, -0.2) is 20.7 Å². The van der Waals surface area contributed by atoms with Crippen LogP contribution >= 0.6 is 15.9 Å². The lowest BCUT2D eigenvalue weighted by molar-refractivity contribution is 0.415. The molecular formula is C23H19BrN2O4S. The van der Waals surface area contributed by atoms with Crippen molar-refractivity contribution in [1.82, 2.24) is 5.16 Å². The highest BCUT2D eigenvalue weighted by Gasteiger charge is 2.20. The lowest BCUT2D eigenvalue weighted by Gasteiger charge is -2.12. The van der Waals surface area contributed by atoms with E-state index in [-0.39, 0.29) is 10.8 Å². The maximum absolute atomic E-state index is 12.7. The quantitative estimate of drug-likeness (QED) is 0.358. The lowest BCUT2D eigenvalue weighted by atomic mass is 9.95. The van der Waals surface area contributed by atoms with Crippen LogP contribution in [0.1, 0.15) is 5.69 Å². The minimum atomic E-state index is -3.82. The van der Waals surface area contributed by atoms with E-state index in [1.165, 1.54) is 0 Å². The van der Waals surface area contributed by atoms with Gasteiger partial charge in [-0.1, -0.05) is 53.7 Å². The second kappa shape index (κ2) is 8.56. The summed E-state index contributed by atoms with van der Waals surface area (Å²) in [5, 5.41) is 3.74. The maximum atomic E-state index is 12.7. The number of sulfonamides is 1. The molecule has 4 rings (SSSR count). The van der Waals surface area contributed by atoms with E-state index in [9.17, 15) is 8.42 Å². The van der Waals surface area contributed by atoms with E-state index < -0.39 is 10.0 Å². The van der Waals surface area contributed by atoms with Gasteiger partial charge in [0.1, 0.15) is 10.2 Å². The van der Waals surface area contributed by atoms with E-state index in [2.05, 4.69) is 25.8 Å². The van der Waals surface area contributed by atoms with E-state index in [4.69, 9.17) is 9.26 Å². The average molecular weight is 499 g/mol. The van der Waals surface area contributed by atoms with Crippen molar-refractivity contribution in [2.45, 2.75) is 11.8 Å². The largest absolute Gasteiger partial charge is 0.497 e. The summed E-state index contributed by atoms with van der Waals surface area (Å²) >= 11 is 3.27. The van der Waals surface area contributed by atoms with Gasteiger partial charge >= 0.3 is 0 Å². The van der Waals surface area contributed by atoms with Crippen LogP contribution in [0, 0.1) is 6.92 Å². The number of nitrogens with one attached hydrogen (secondary N) is 1. The molecule has 0 unspecified atom stereocenters. The first-order chi connectivity index (χ1) is 14.9. The van der Waals surface area contributed by atoms with Crippen LogP contribution in [0.2, 0.25) is 0 Å².